The van der Waals surface area contributed by atoms with E-state index in [1.54, 1.807) is 41.6 Å². The molecule has 0 atom stereocenters. The zero-order valence-electron chi connectivity index (χ0n) is 15.4. The molecule has 3 rings (SSSR count). The van der Waals surface area contributed by atoms with Crippen molar-refractivity contribution in [1.82, 2.24) is 15.2 Å². The van der Waals surface area contributed by atoms with E-state index in [9.17, 15) is 14.4 Å². The summed E-state index contributed by atoms with van der Waals surface area (Å²) in [5.74, 6) is -0.0796. The maximum Gasteiger partial charge on any atom is 0.329 e. The second-order valence-electron chi connectivity index (χ2n) is 6.92. The lowest BCUT2D eigenvalue weighted by Crippen LogP contribution is -2.34. The maximum absolute atomic E-state index is 13.0. The van der Waals surface area contributed by atoms with Crippen molar-refractivity contribution >= 4 is 23.5 Å². The third-order valence-electron chi connectivity index (χ3n) is 4.21. The van der Waals surface area contributed by atoms with Gasteiger partial charge < -0.3 is 4.90 Å². The number of aromatic nitrogens is 1. The van der Waals surface area contributed by atoms with Crippen LogP contribution in [0.2, 0.25) is 0 Å². The number of urea groups is 1. The Bertz CT molecular complexity index is 834. The van der Waals surface area contributed by atoms with E-state index in [1.807, 2.05) is 12.1 Å². The zero-order valence-corrected chi connectivity index (χ0v) is 15.4. The normalized spacial score (nSPS) is 13.8. The Morgan fingerprint density at radius 1 is 1.15 bits per heavy atom. The van der Waals surface area contributed by atoms with Crippen LogP contribution in [0.1, 0.15) is 29.8 Å². The Kier molecular flexibility index (Phi) is 5.49. The second kappa shape index (κ2) is 7.99. The Morgan fingerprint density at radius 2 is 1.81 bits per heavy atom. The molecule has 1 aliphatic heterocycles. The van der Waals surface area contributed by atoms with Crippen molar-refractivity contribution < 1.29 is 14.4 Å². The summed E-state index contributed by atoms with van der Waals surface area (Å²) in [5.41, 5.74) is 2.14. The minimum absolute atomic E-state index is 0.00631. The van der Waals surface area contributed by atoms with Crippen LogP contribution in [0.15, 0.2) is 48.8 Å². The molecule has 27 heavy (non-hydrogen) atoms. The van der Waals surface area contributed by atoms with Crippen LogP contribution < -0.4 is 10.2 Å². The number of hydrogen-bond acceptors (Lipinski definition) is 4. The first kappa shape index (κ1) is 18.6. The highest BCUT2D eigenvalue weighted by molar-refractivity contribution is 6.12. The number of benzene rings is 1. The molecule has 2 heterocycles. The van der Waals surface area contributed by atoms with Gasteiger partial charge in [0, 0.05) is 36.7 Å². The third-order valence-corrected chi connectivity index (χ3v) is 4.21. The molecular formula is C20H22N4O3. The van der Waals surface area contributed by atoms with Crippen molar-refractivity contribution in [1.29, 1.82) is 0 Å². The molecule has 0 radical (unpaired) electrons. The molecule has 0 aliphatic carbocycles. The number of carbonyl (C=O) groups is 3. The van der Waals surface area contributed by atoms with Gasteiger partial charge in [-0.25, -0.2) is 4.79 Å². The van der Waals surface area contributed by atoms with Gasteiger partial charge >= 0.3 is 6.03 Å². The molecule has 1 aliphatic rings. The number of anilines is 1. The van der Waals surface area contributed by atoms with Crippen LogP contribution in [-0.2, 0) is 11.3 Å². The van der Waals surface area contributed by atoms with E-state index in [0.29, 0.717) is 30.3 Å². The lowest BCUT2D eigenvalue weighted by molar-refractivity contribution is -0.117. The number of carbonyl (C=O) groups excluding carboxylic acids is 3. The summed E-state index contributed by atoms with van der Waals surface area (Å²) in [6.07, 6.45) is 3.43. The van der Waals surface area contributed by atoms with Crippen molar-refractivity contribution in [2.24, 2.45) is 5.92 Å². The quantitative estimate of drug-likeness (QED) is 0.796. The largest absolute Gasteiger partial charge is 0.334 e. The molecule has 1 fully saturated rings. The number of rotatable bonds is 6. The fraction of sp³-hybridized carbons (Fsp3) is 0.300. The lowest BCUT2D eigenvalue weighted by Gasteiger charge is -2.25. The molecule has 1 aromatic carbocycles. The summed E-state index contributed by atoms with van der Waals surface area (Å²) in [4.78, 5) is 43.3. The molecule has 7 nitrogen and oxygen atoms in total. The summed E-state index contributed by atoms with van der Waals surface area (Å²) in [5, 5.41) is 2.24. The van der Waals surface area contributed by atoms with E-state index in [1.165, 1.54) is 4.90 Å². The minimum Gasteiger partial charge on any atom is -0.334 e. The van der Waals surface area contributed by atoms with Gasteiger partial charge in [0.1, 0.15) is 6.54 Å². The van der Waals surface area contributed by atoms with Gasteiger partial charge in [-0.2, -0.15) is 0 Å². The number of hydrogen-bond donors (Lipinski definition) is 1. The Hall–Kier alpha value is -3.22. The lowest BCUT2D eigenvalue weighted by atomic mass is 10.1. The summed E-state index contributed by atoms with van der Waals surface area (Å²) < 4.78 is 0. The Balaban J connectivity index is 1.77. The summed E-state index contributed by atoms with van der Waals surface area (Å²) in [6.45, 7) is 5.27. The van der Waals surface area contributed by atoms with Gasteiger partial charge in [-0.3, -0.25) is 24.8 Å². The molecule has 1 N–H and O–H groups in total. The van der Waals surface area contributed by atoms with E-state index >= 15 is 0 Å². The Morgan fingerprint density at radius 3 is 2.37 bits per heavy atom. The van der Waals surface area contributed by atoms with E-state index in [4.69, 9.17) is 0 Å². The zero-order chi connectivity index (χ0) is 19.4. The fourth-order valence-corrected chi connectivity index (χ4v) is 2.99. The first-order valence-electron chi connectivity index (χ1n) is 8.83. The predicted octanol–water partition coefficient (Wildman–Crippen LogP) is 2.44. The second-order valence-corrected chi connectivity index (χ2v) is 6.92. The van der Waals surface area contributed by atoms with Crippen molar-refractivity contribution in [3.05, 3.63) is 59.9 Å². The van der Waals surface area contributed by atoms with E-state index in [-0.39, 0.29) is 18.4 Å². The van der Waals surface area contributed by atoms with Crippen molar-refractivity contribution in [2.75, 3.05) is 18.0 Å². The molecule has 0 unspecified atom stereocenters. The van der Waals surface area contributed by atoms with E-state index in [0.717, 1.165) is 5.56 Å². The Labute approximate surface area is 158 Å². The average molecular weight is 366 g/mol. The molecule has 0 saturated carbocycles. The van der Waals surface area contributed by atoms with Gasteiger partial charge in [0.25, 0.3) is 5.91 Å². The van der Waals surface area contributed by atoms with E-state index < -0.39 is 6.03 Å². The molecule has 140 valence electrons. The molecule has 2 aromatic rings. The van der Waals surface area contributed by atoms with Crippen LogP contribution in [0, 0.1) is 5.92 Å². The van der Waals surface area contributed by atoms with Gasteiger partial charge in [-0.1, -0.05) is 13.8 Å². The van der Waals surface area contributed by atoms with Crippen LogP contribution in [0.4, 0.5) is 10.5 Å². The molecule has 0 spiro atoms. The van der Waals surface area contributed by atoms with Gasteiger partial charge in [-0.05, 0) is 47.9 Å². The number of amides is 4. The van der Waals surface area contributed by atoms with Gasteiger partial charge in [0.2, 0.25) is 5.91 Å². The minimum atomic E-state index is -0.446. The van der Waals surface area contributed by atoms with Crippen LogP contribution in [-0.4, -0.2) is 40.8 Å². The van der Waals surface area contributed by atoms with E-state index in [2.05, 4.69) is 24.1 Å². The highest BCUT2D eigenvalue weighted by Gasteiger charge is 2.28. The smallest absolute Gasteiger partial charge is 0.329 e. The molecular weight excluding hydrogens is 344 g/mol. The van der Waals surface area contributed by atoms with Crippen LogP contribution >= 0.6 is 0 Å². The summed E-state index contributed by atoms with van der Waals surface area (Å²) in [6, 6.07) is 10.1. The van der Waals surface area contributed by atoms with Crippen LogP contribution in [0.25, 0.3) is 0 Å². The molecule has 1 aromatic heterocycles. The highest BCUT2D eigenvalue weighted by atomic mass is 16.2. The number of imide groups is 1. The van der Waals surface area contributed by atoms with Crippen LogP contribution in [0.5, 0.6) is 0 Å². The summed E-state index contributed by atoms with van der Waals surface area (Å²) in [7, 11) is 0. The number of nitrogens with one attached hydrogen (secondary N) is 1. The van der Waals surface area contributed by atoms with Crippen molar-refractivity contribution in [2.45, 2.75) is 20.4 Å². The molecule has 1 saturated heterocycles. The highest BCUT2D eigenvalue weighted by Crippen LogP contribution is 2.19. The third kappa shape index (κ3) is 4.49. The van der Waals surface area contributed by atoms with Crippen molar-refractivity contribution in [3.63, 3.8) is 0 Å². The monoisotopic (exact) mass is 366 g/mol. The number of pyridine rings is 1. The molecule has 7 heteroatoms. The SMILES string of the molecule is CC(C)CN(Cc1ccncc1)C(=O)c1ccc(N2CC(=O)NC2=O)cc1. The summed E-state index contributed by atoms with van der Waals surface area (Å²) >= 11 is 0. The molecule has 0 bridgehead atoms. The standard InChI is InChI=1S/C20H22N4O3/c1-14(2)11-23(12-15-7-9-21-10-8-15)19(26)16-3-5-17(6-4-16)24-13-18(25)22-20(24)27/h3-10,14H,11-13H2,1-2H3,(H,22,25,27). The number of nitrogens with zero attached hydrogens (tertiary/aromatic N) is 3. The van der Waals surface area contributed by atoms with Gasteiger partial charge in [0.15, 0.2) is 0 Å². The average Bonchev–Trinajstić information content (AvgIpc) is 2.99. The topological polar surface area (TPSA) is 82.6 Å². The van der Waals surface area contributed by atoms with Crippen molar-refractivity contribution in [3.8, 4) is 0 Å². The van der Waals surface area contributed by atoms with Gasteiger partial charge in [0.05, 0.1) is 0 Å². The first-order chi connectivity index (χ1) is 12.9. The first-order valence-corrected chi connectivity index (χ1v) is 8.83. The molecule has 4 amide bonds. The van der Waals surface area contributed by atoms with Crippen LogP contribution in [0.3, 0.4) is 0 Å². The predicted molar refractivity (Wildman–Crippen MR) is 101 cm³/mol. The maximum atomic E-state index is 13.0. The van der Waals surface area contributed by atoms with Gasteiger partial charge in [-0.15, -0.1) is 0 Å². The fourth-order valence-electron chi connectivity index (χ4n) is 2.99.